The average molecular weight is 225 g/mol. The zero-order chi connectivity index (χ0) is 9.97. The Bertz CT molecular complexity index is 440. The summed E-state index contributed by atoms with van der Waals surface area (Å²) in [5.74, 6) is 0. The predicted molar refractivity (Wildman–Crippen MR) is 57.5 cm³/mol. The summed E-state index contributed by atoms with van der Waals surface area (Å²) < 4.78 is 0. The van der Waals surface area contributed by atoms with Crippen molar-refractivity contribution in [2.45, 2.75) is 0 Å². The van der Waals surface area contributed by atoms with Crippen LogP contribution in [0.2, 0.25) is 10.0 Å². The molecular weight excluding hydrogens is 219 g/mol. The lowest BCUT2D eigenvalue weighted by Gasteiger charge is -1.99. The average Bonchev–Trinajstić information content (AvgIpc) is 2.19. The second-order valence-electron chi connectivity index (χ2n) is 2.77. The molecule has 4 heteroatoms. The Morgan fingerprint density at radius 2 is 1.64 bits per heavy atom. The van der Waals surface area contributed by atoms with Crippen molar-refractivity contribution in [2.75, 3.05) is 0 Å². The summed E-state index contributed by atoms with van der Waals surface area (Å²) in [5.41, 5.74) is 1.69. The Hall–Kier alpha value is -1.12. The van der Waals surface area contributed by atoms with Gasteiger partial charge in [0.05, 0.1) is 16.9 Å². The number of rotatable bonds is 1. The molecule has 1 aromatic carbocycles. The number of hydrogen-bond donors (Lipinski definition) is 0. The van der Waals surface area contributed by atoms with Crippen molar-refractivity contribution >= 4 is 23.2 Å². The fourth-order valence-corrected chi connectivity index (χ4v) is 1.38. The van der Waals surface area contributed by atoms with Crippen LogP contribution in [-0.4, -0.2) is 10.2 Å². The second-order valence-corrected chi connectivity index (χ2v) is 3.64. The Morgan fingerprint density at radius 3 is 2.29 bits per heavy atom. The number of aromatic nitrogens is 2. The minimum atomic E-state index is 0.574. The molecule has 14 heavy (non-hydrogen) atoms. The molecule has 0 fully saturated rings. The van der Waals surface area contributed by atoms with Gasteiger partial charge in [0.25, 0.3) is 0 Å². The maximum atomic E-state index is 5.80. The van der Waals surface area contributed by atoms with Gasteiger partial charge in [-0.1, -0.05) is 35.3 Å². The summed E-state index contributed by atoms with van der Waals surface area (Å²) in [5, 5.41) is 9.00. The van der Waals surface area contributed by atoms with E-state index in [0.717, 1.165) is 11.3 Å². The van der Waals surface area contributed by atoms with Crippen molar-refractivity contribution in [1.82, 2.24) is 10.2 Å². The minimum absolute atomic E-state index is 0.574. The molecule has 1 heterocycles. The van der Waals surface area contributed by atoms with Gasteiger partial charge in [-0.2, -0.15) is 10.2 Å². The molecular formula is C10H6Cl2N2. The molecule has 0 saturated carbocycles. The molecule has 2 aromatic rings. The Kier molecular flexibility index (Phi) is 2.66. The summed E-state index contributed by atoms with van der Waals surface area (Å²) in [4.78, 5) is 0. The number of hydrogen-bond acceptors (Lipinski definition) is 2. The number of nitrogens with zero attached hydrogens (tertiary/aromatic N) is 2. The summed E-state index contributed by atoms with van der Waals surface area (Å²) in [6, 6.07) is 9.13. The van der Waals surface area contributed by atoms with Crippen LogP contribution in [0.5, 0.6) is 0 Å². The molecule has 70 valence electrons. The standard InChI is InChI=1S/C10H6Cl2N2/c11-8-3-1-7(2-4-8)10-5-9(12)6-13-14-10/h1-6H. The Labute approximate surface area is 91.5 Å². The van der Waals surface area contributed by atoms with Crippen LogP contribution in [0, 0.1) is 0 Å². The Morgan fingerprint density at radius 1 is 0.929 bits per heavy atom. The van der Waals surface area contributed by atoms with Gasteiger partial charge in [-0.3, -0.25) is 0 Å². The molecule has 0 radical (unpaired) electrons. The molecule has 0 spiro atoms. The first-order valence-corrected chi connectivity index (χ1v) is 4.75. The predicted octanol–water partition coefficient (Wildman–Crippen LogP) is 3.45. The van der Waals surface area contributed by atoms with Crippen LogP contribution >= 0.6 is 23.2 Å². The van der Waals surface area contributed by atoms with Gasteiger partial charge in [0, 0.05) is 10.6 Å². The van der Waals surface area contributed by atoms with E-state index in [2.05, 4.69) is 10.2 Å². The van der Waals surface area contributed by atoms with Crippen LogP contribution < -0.4 is 0 Å². The summed E-state index contributed by atoms with van der Waals surface area (Å²) in [6.07, 6.45) is 1.50. The minimum Gasteiger partial charge on any atom is -0.157 e. The monoisotopic (exact) mass is 224 g/mol. The fraction of sp³-hybridized carbons (Fsp3) is 0. The quantitative estimate of drug-likeness (QED) is 0.742. The van der Waals surface area contributed by atoms with Gasteiger partial charge < -0.3 is 0 Å². The lowest BCUT2D eigenvalue weighted by molar-refractivity contribution is 1.04. The maximum Gasteiger partial charge on any atom is 0.0944 e. The van der Waals surface area contributed by atoms with Crippen LogP contribution in [-0.2, 0) is 0 Å². The molecule has 0 saturated heterocycles. The summed E-state index contributed by atoms with van der Waals surface area (Å²) in [7, 11) is 0. The highest BCUT2D eigenvalue weighted by molar-refractivity contribution is 6.31. The van der Waals surface area contributed by atoms with Crippen molar-refractivity contribution in [3.8, 4) is 11.3 Å². The van der Waals surface area contributed by atoms with E-state index < -0.39 is 0 Å². The SMILES string of the molecule is Clc1ccc(-c2cc(Cl)cnn2)cc1. The number of benzene rings is 1. The van der Waals surface area contributed by atoms with E-state index >= 15 is 0 Å². The van der Waals surface area contributed by atoms with E-state index in [4.69, 9.17) is 23.2 Å². The van der Waals surface area contributed by atoms with E-state index in [1.54, 1.807) is 18.2 Å². The van der Waals surface area contributed by atoms with Crippen LogP contribution in [0.4, 0.5) is 0 Å². The molecule has 0 aliphatic rings. The molecule has 0 unspecified atom stereocenters. The van der Waals surface area contributed by atoms with Gasteiger partial charge in [-0.25, -0.2) is 0 Å². The van der Waals surface area contributed by atoms with E-state index in [0.29, 0.717) is 10.0 Å². The van der Waals surface area contributed by atoms with E-state index in [9.17, 15) is 0 Å². The third-order valence-corrected chi connectivity index (χ3v) is 2.22. The normalized spacial score (nSPS) is 10.1. The molecule has 1 aromatic heterocycles. The molecule has 0 N–H and O–H groups in total. The third-order valence-electron chi connectivity index (χ3n) is 1.76. The van der Waals surface area contributed by atoms with E-state index in [1.165, 1.54) is 6.20 Å². The molecule has 2 rings (SSSR count). The van der Waals surface area contributed by atoms with E-state index in [-0.39, 0.29) is 0 Å². The highest BCUT2D eigenvalue weighted by atomic mass is 35.5. The highest BCUT2D eigenvalue weighted by Gasteiger charge is 2.00. The zero-order valence-corrected chi connectivity index (χ0v) is 8.63. The lowest BCUT2D eigenvalue weighted by atomic mass is 10.1. The van der Waals surface area contributed by atoms with Gasteiger partial charge in [0.1, 0.15) is 0 Å². The summed E-state index contributed by atoms with van der Waals surface area (Å²) in [6.45, 7) is 0. The van der Waals surface area contributed by atoms with Gasteiger partial charge in [-0.15, -0.1) is 0 Å². The molecule has 0 atom stereocenters. The van der Waals surface area contributed by atoms with Crippen LogP contribution in [0.15, 0.2) is 36.5 Å². The van der Waals surface area contributed by atoms with Crippen LogP contribution in [0.1, 0.15) is 0 Å². The fourth-order valence-electron chi connectivity index (χ4n) is 1.10. The largest absolute Gasteiger partial charge is 0.157 e. The molecule has 0 bridgehead atoms. The van der Waals surface area contributed by atoms with Crippen molar-refractivity contribution in [3.05, 3.63) is 46.6 Å². The van der Waals surface area contributed by atoms with E-state index in [1.807, 2.05) is 12.1 Å². The summed E-state index contributed by atoms with van der Waals surface area (Å²) >= 11 is 11.6. The van der Waals surface area contributed by atoms with Gasteiger partial charge in [0.2, 0.25) is 0 Å². The van der Waals surface area contributed by atoms with Crippen molar-refractivity contribution in [2.24, 2.45) is 0 Å². The first-order valence-electron chi connectivity index (χ1n) is 4.00. The van der Waals surface area contributed by atoms with Gasteiger partial charge in [-0.05, 0) is 18.2 Å². The second kappa shape index (κ2) is 3.95. The topological polar surface area (TPSA) is 25.8 Å². The van der Waals surface area contributed by atoms with Crippen LogP contribution in [0.25, 0.3) is 11.3 Å². The van der Waals surface area contributed by atoms with Gasteiger partial charge in [0.15, 0.2) is 0 Å². The first-order chi connectivity index (χ1) is 6.75. The molecule has 2 nitrogen and oxygen atoms in total. The molecule has 0 aliphatic heterocycles. The Balaban J connectivity index is 2.44. The molecule has 0 amide bonds. The smallest absolute Gasteiger partial charge is 0.0944 e. The molecule has 0 aliphatic carbocycles. The van der Waals surface area contributed by atoms with Crippen molar-refractivity contribution in [1.29, 1.82) is 0 Å². The lowest BCUT2D eigenvalue weighted by Crippen LogP contribution is -1.86. The number of halogens is 2. The van der Waals surface area contributed by atoms with Crippen LogP contribution in [0.3, 0.4) is 0 Å². The van der Waals surface area contributed by atoms with Gasteiger partial charge >= 0.3 is 0 Å². The maximum absolute atomic E-state index is 5.80. The van der Waals surface area contributed by atoms with Crippen molar-refractivity contribution < 1.29 is 0 Å². The zero-order valence-electron chi connectivity index (χ0n) is 7.11. The third kappa shape index (κ3) is 2.03. The highest BCUT2D eigenvalue weighted by Crippen LogP contribution is 2.20. The first kappa shape index (κ1) is 9.44. The van der Waals surface area contributed by atoms with Crippen molar-refractivity contribution in [3.63, 3.8) is 0 Å².